The Bertz CT molecular complexity index is 578. The van der Waals surface area contributed by atoms with Gasteiger partial charge in [-0.3, -0.25) is 14.9 Å². The number of anilines is 1. The molecule has 1 aromatic rings. The van der Waals surface area contributed by atoms with Crippen LogP contribution in [0.2, 0.25) is 0 Å². The number of amides is 1. The van der Waals surface area contributed by atoms with E-state index in [-0.39, 0.29) is 35.2 Å². The van der Waals surface area contributed by atoms with E-state index in [1.54, 1.807) is 0 Å². The molecule has 0 atom stereocenters. The fourth-order valence-corrected chi connectivity index (χ4v) is 1.92. The summed E-state index contributed by atoms with van der Waals surface area (Å²) < 4.78 is 0. The molecule has 0 saturated carbocycles. The lowest BCUT2D eigenvalue weighted by atomic mass is 10.1. The predicted molar refractivity (Wildman–Crippen MR) is 78.5 cm³/mol. The van der Waals surface area contributed by atoms with Crippen LogP contribution in [0, 0.1) is 27.4 Å². The number of nitriles is 1. The van der Waals surface area contributed by atoms with E-state index in [0.717, 1.165) is 0 Å². The van der Waals surface area contributed by atoms with Crippen molar-refractivity contribution in [2.45, 2.75) is 20.3 Å². The second-order valence-electron chi connectivity index (χ2n) is 5.08. The quantitative estimate of drug-likeness (QED) is 0.490. The van der Waals surface area contributed by atoms with Crippen molar-refractivity contribution in [3.05, 3.63) is 33.9 Å². The number of nitro groups is 1. The first-order valence-corrected chi connectivity index (χ1v) is 6.57. The van der Waals surface area contributed by atoms with Crippen molar-refractivity contribution in [3.63, 3.8) is 0 Å². The molecular formula is C14H18N4O3. The normalized spacial score (nSPS) is 10.2. The van der Waals surface area contributed by atoms with Gasteiger partial charge in [-0.25, -0.2) is 0 Å². The zero-order valence-electron chi connectivity index (χ0n) is 12.1. The van der Waals surface area contributed by atoms with Gasteiger partial charge < -0.3 is 10.6 Å². The average molecular weight is 290 g/mol. The summed E-state index contributed by atoms with van der Waals surface area (Å²) in [6.07, 6.45) is 0.218. The van der Waals surface area contributed by atoms with Gasteiger partial charge in [0.25, 0.3) is 11.6 Å². The number of carbonyl (C=O) groups is 1. The molecule has 7 nitrogen and oxygen atoms in total. The van der Waals surface area contributed by atoms with Crippen molar-refractivity contribution >= 4 is 17.3 Å². The fourth-order valence-electron chi connectivity index (χ4n) is 1.92. The lowest BCUT2D eigenvalue weighted by molar-refractivity contribution is -0.383. The van der Waals surface area contributed by atoms with Gasteiger partial charge in [0, 0.05) is 24.7 Å². The van der Waals surface area contributed by atoms with Crippen molar-refractivity contribution in [2.24, 2.45) is 5.92 Å². The van der Waals surface area contributed by atoms with E-state index in [4.69, 9.17) is 11.0 Å². The second-order valence-corrected chi connectivity index (χ2v) is 5.08. The predicted octanol–water partition coefficient (Wildman–Crippen LogP) is 2.19. The van der Waals surface area contributed by atoms with Gasteiger partial charge in [-0.05, 0) is 18.1 Å². The maximum absolute atomic E-state index is 12.4. The fraction of sp³-hybridized carbons (Fsp3) is 0.429. The molecule has 0 unspecified atom stereocenters. The van der Waals surface area contributed by atoms with Crippen molar-refractivity contribution in [3.8, 4) is 6.07 Å². The van der Waals surface area contributed by atoms with Gasteiger partial charge in [-0.2, -0.15) is 5.26 Å². The number of rotatable bonds is 6. The molecule has 0 radical (unpaired) electrons. The molecule has 0 aliphatic carbocycles. The number of carbonyl (C=O) groups excluding carboxylic acids is 1. The van der Waals surface area contributed by atoms with E-state index in [0.29, 0.717) is 13.1 Å². The Morgan fingerprint density at radius 1 is 1.52 bits per heavy atom. The summed E-state index contributed by atoms with van der Waals surface area (Å²) >= 11 is 0. The van der Waals surface area contributed by atoms with Crippen molar-refractivity contribution < 1.29 is 9.72 Å². The van der Waals surface area contributed by atoms with Crippen LogP contribution in [0.25, 0.3) is 0 Å². The summed E-state index contributed by atoms with van der Waals surface area (Å²) in [7, 11) is 0. The lowest BCUT2D eigenvalue weighted by Gasteiger charge is -2.23. The first kappa shape index (κ1) is 16.4. The third kappa shape index (κ3) is 4.45. The summed E-state index contributed by atoms with van der Waals surface area (Å²) in [4.78, 5) is 24.2. The van der Waals surface area contributed by atoms with Crippen LogP contribution in [0.15, 0.2) is 18.2 Å². The van der Waals surface area contributed by atoms with Gasteiger partial charge in [0.2, 0.25) is 0 Å². The number of hydrogen-bond donors (Lipinski definition) is 1. The molecule has 0 fully saturated rings. The SMILES string of the molecule is CC(C)CN(CCC#N)C(=O)c1ccc(N)c([N+](=O)[O-])c1. The molecule has 0 spiro atoms. The average Bonchev–Trinajstić information content (AvgIpc) is 2.42. The standard InChI is InChI=1S/C14H18N4O3/c1-10(2)9-17(7-3-6-15)14(19)11-4-5-12(16)13(8-11)18(20)21/h4-5,8,10H,3,7,9,16H2,1-2H3. The van der Waals surface area contributed by atoms with Gasteiger partial charge >= 0.3 is 0 Å². The number of hydrogen-bond acceptors (Lipinski definition) is 5. The van der Waals surface area contributed by atoms with Gasteiger partial charge in [0.15, 0.2) is 0 Å². The number of benzene rings is 1. The molecular weight excluding hydrogens is 272 g/mol. The Hall–Kier alpha value is -2.62. The Labute approximate surface area is 123 Å². The van der Waals surface area contributed by atoms with E-state index in [1.807, 2.05) is 19.9 Å². The molecule has 1 rings (SSSR count). The number of nitrogens with zero attached hydrogens (tertiary/aromatic N) is 3. The number of nitrogens with two attached hydrogens (primary N) is 1. The van der Waals surface area contributed by atoms with Crippen LogP contribution in [0.5, 0.6) is 0 Å². The van der Waals surface area contributed by atoms with E-state index < -0.39 is 4.92 Å². The van der Waals surface area contributed by atoms with Crippen LogP contribution >= 0.6 is 0 Å². The highest BCUT2D eigenvalue weighted by Gasteiger charge is 2.20. The van der Waals surface area contributed by atoms with E-state index >= 15 is 0 Å². The first-order chi connectivity index (χ1) is 9.86. The Morgan fingerprint density at radius 3 is 2.71 bits per heavy atom. The van der Waals surface area contributed by atoms with E-state index in [1.165, 1.54) is 23.1 Å². The monoisotopic (exact) mass is 290 g/mol. The summed E-state index contributed by atoms with van der Waals surface area (Å²) in [6, 6.07) is 5.99. The Balaban J connectivity index is 3.05. The second kappa shape index (κ2) is 7.24. The molecule has 0 saturated heterocycles. The minimum atomic E-state index is -0.617. The van der Waals surface area contributed by atoms with Crippen molar-refractivity contribution in [1.82, 2.24) is 4.90 Å². The van der Waals surface area contributed by atoms with Crippen LogP contribution in [0.4, 0.5) is 11.4 Å². The van der Waals surface area contributed by atoms with Gasteiger partial charge in [-0.1, -0.05) is 13.8 Å². The highest BCUT2D eigenvalue weighted by atomic mass is 16.6. The van der Waals surface area contributed by atoms with Crippen molar-refractivity contribution in [2.75, 3.05) is 18.8 Å². The molecule has 1 amide bonds. The van der Waals surface area contributed by atoms with Gasteiger partial charge in [-0.15, -0.1) is 0 Å². The first-order valence-electron chi connectivity index (χ1n) is 6.57. The lowest BCUT2D eigenvalue weighted by Crippen LogP contribution is -2.35. The third-order valence-electron chi connectivity index (χ3n) is 2.84. The molecule has 21 heavy (non-hydrogen) atoms. The summed E-state index contributed by atoms with van der Waals surface area (Å²) in [5.41, 5.74) is 5.45. The van der Waals surface area contributed by atoms with Crippen LogP contribution in [0.3, 0.4) is 0 Å². The molecule has 0 aliphatic heterocycles. The zero-order chi connectivity index (χ0) is 16.0. The molecule has 1 aromatic carbocycles. The maximum Gasteiger partial charge on any atom is 0.292 e. The van der Waals surface area contributed by atoms with Crippen molar-refractivity contribution in [1.29, 1.82) is 5.26 Å². The van der Waals surface area contributed by atoms with E-state index in [9.17, 15) is 14.9 Å². The van der Waals surface area contributed by atoms with E-state index in [2.05, 4.69) is 0 Å². The van der Waals surface area contributed by atoms with Crippen LogP contribution in [0.1, 0.15) is 30.6 Å². The summed E-state index contributed by atoms with van der Waals surface area (Å²) in [5, 5.41) is 19.5. The molecule has 2 N–H and O–H groups in total. The molecule has 0 aromatic heterocycles. The van der Waals surface area contributed by atoms with Gasteiger partial charge in [0.05, 0.1) is 17.4 Å². The molecule has 0 heterocycles. The van der Waals surface area contributed by atoms with Crippen LogP contribution < -0.4 is 5.73 Å². The minimum absolute atomic E-state index is 0.0176. The smallest absolute Gasteiger partial charge is 0.292 e. The molecule has 7 heteroatoms. The Morgan fingerprint density at radius 2 is 2.19 bits per heavy atom. The summed E-state index contributed by atoms with van der Waals surface area (Å²) in [5.74, 6) is -0.0986. The number of nitrogen functional groups attached to an aromatic ring is 1. The van der Waals surface area contributed by atoms with Gasteiger partial charge in [0.1, 0.15) is 5.69 Å². The molecule has 112 valence electrons. The minimum Gasteiger partial charge on any atom is -0.393 e. The number of nitro benzene ring substituents is 1. The van der Waals surface area contributed by atoms with Crippen LogP contribution in [-0.2, 0) is 0 Å². The zero-order valence-corrected chi connectivity index (χ0v) is 12.1. The third-order valence-corrected chi connectivity index (χ3v) is 2.84. The van der Waals surface area contributed by atoms with Crippen LogP contribution in [-0.4, -0.2) is 28.8 Å². The topological polar surface area (TPSA) is 113 Å². The highest BCUT2D eigenvalue weighted by molar-refractivity contribution is 5.95. The molecule has 0 bridgehead atoms. The highest BCUT2D eigenvalue weighted by Crippen LogP contribution is 2.23. The Kier molecular flexibility index (Phi) is 5.67. The largest absolute Gasteiger partial charge is 0.393 e. The summed E-state index contributed by atoms with van der Waals surface area (Å²) in [6.45, 7) is 4.69. The molecule has 0 aliphatic rings. The maximum atomic E-state index is 12.4.